The second kappa shape index (κ2) is 11.8. The first-order valence-electron chi connectivity index (χ1n) is 13.8. The highest BCUT2D eigenvalue weighted by Gasteiger charge is 2.45. The molecule has 2 amide bonds. The molecule has 2 heterocycles. The van der Waals surface area contributed by atoms with Crippen molar-refractivity contribution in [2.24, 2.45) is 0 Å². The van der Waals surface area contributed by atoms with Gasteiger partial charge in [-0.25, -0.2) is 4.72 Å². The predicted octanol–water partition coefficient (Wildman–Crippen LogP) is 3.55. The summed E-state index contributed by atoms with van der Waals surface area (Å²) in [6, 6.07) is 26.3. The van der Waals surface area contributed by atoms with Gasteiger partial charge < -0.3 is 9.80 Å². The predicted molar refractivity (Wildman–Crippen MR) is 156 cm³/mol. The number of hydrogen-bond donors (Lipinski definition) is 1. The zero-order valence-electron chi connectivity index (χ0n) is 22.9. The fraction of sp³-hybridized carbons (Fsp3) is 0.355. The average Bonchev–Trinajstić information content (AvgIpc) is 3.29. The number of rotatable bonds is 7. The molecule has 40 heavy (non-hydrogen) atoms. The monoisotopic (exact) mass is 560 g/mol. The van der Waals surface area contributed by atoms with Gasteiger partial charge in [-0.2, -0.15) is 12.7 Å². The first kappa shape index (κ1) is 27.9. The van der Waals surface area contributed by atoms with Gasteiger partial charge in [-0.3, -0.25) is 9.59 Å². The minimum atomic E-state index is -4.02. The lowest BCUT2D eigenvalue weighted by Crippen LogP contribution is -2.51. The van der Waals surface area contributed by atoms with Crippen LogP contribution >= 0.6 is 0 Å². The molecule has 1 saturated heterocycles. The molecule has 0 saturated carbocycles. The number of likely N-dealkylation sites (tertiary alicyclic amines) is 1. The Bertz CT molecular complexity index is 1410. The standard InChI is InChI=1S/C31H36N4O4S/c1-33(2)40(38,39)32-30(36)28-21-26(34-20-12-11-14-23-13-9-10-19-27(23)34)22-35(28)31(37)29(24-15-5-3-6-16-24)25-17-7-4-8-18-25/h3-10,13,15-19,26,28-29H,11-12,14,20-22H2,1-2H3,(H,32,36)/t26-,28?/m0/s1. The minimum absolute atomic E-state index is 0.131. The molecule has 2 aliphatic rings. The Kier molecular flexibility index (Phi) is 8.23. The second-order valence-corrected chi connectivity index (χ2v) is 12.6. The fourth-order valence-corrected chi connectivity index (χ4v) is 6.43. The Morgan fingerprint density at radius 1 is 0.875 bits per heavy atom. The van der Waals surface area contributed by atoms with Crippen LogP contribution in [0.5, 0.6) is 0 Å². The number of amides is 2. The van der Waals surface area contributed by atoms with E-state index in [2.05, 4.69) is 21.8 Å². The summed E-state index contributed by atoms with van der Waals surface area (Å²) in [5.74, 6) is -1.53. The van der Waals surface area contributed by atoms with Gasteiger partial charge in [-0.15, -0.1) is 0 Å². The molecule has 2 aliphatic heterocycles. The lowest BCUT2D eigenvalue weighted by atomic mass is 9.90. The molecule has 1 N–H and O–H groups in total. The first-order chi connectivity index (χ1) is 19.3. The molecule has 1 unspecified atom stereocenters. The minimum Gasteiger partial charge on any atom is -0.366 e. The quantitative estimate of drug-likeness (QED) is 0.478. The van der Waals surface area contributed by atoms with Crippen molar-refractivity contribution in [3.8, 4) is 0 Å². The Labute approximate surface area is 236 Å². The van der Waals surface area contributed by atoms with Gasteiger partial charge in [-0.1, -0.05) is 78.9 Å². The van der Waals surface area contributed by atoms with Crippen molar-refractivity contribution in [3.63, 3.8) is 0 Å². The highest BCUT2D eigenvalue weighted by atomic mass is 32.2. The summed E-state index contributed by atoms with van der Waals surface area (Å²) in [6.07, 6.45) is 3.39. The number of nitrogens with one attached hydrogen (secondary N) is 1. The van der Waals surface area contributed by atoms with Gasteiger partial charge in [-0.05, 0) is 48.4 Å². The van der Waals surface area contributed by atoms with Gasteiger partial charge in [0.1, 0.15) is 6.04 Å². The zero-order valence-corrected chi connectivity index (χ0v) is 23.8. The van der Waals surface area contributed by atoms with Crippen LogP contribution in [0.3, 0.4) is 0 Å². The number of benzene rings is 3. The molecule has 3 aromatic carbocycles. The highest BCUT2D eigenvalue weighted by molar-refractivity contribution is 7.87. The summed E-state index contributed by atoms with van der Waals surface area (Å²) in [6.45, 7) is 1.14. The number of aryl methyl sites for hydroxylation is 1. The SMILES string of the molecule is CN(C)S(=O)(=O)NC(=O)C1C[C@H](N2CCCCc3ccccc32)CN1C(=O)C(c1ccccc1)c1ccccc1. The van der Waals surface area contributed by atoms with Crippen LogP contribution in [0.25, 0.3) is 0 Å². The van der Waals surface area contributed by atoms with E-state index in [9.17, 15) is 18.0 Å². The van der Waals surface area contributed by atoms with Crippen molar-refractivity contribution in [2.75, 3.05) is 32.1 Å². The van der Waals surface area contributed by atoms with Crippen molar-refractivity contribution in [1.29, 1.82) is 0 Å². The largest absolute Gasteiger partial charge is 0.366 e. The smallest absolute Gasteiger partial charge is 0.303 e. The number of nitrogens with zero attached hydrogens (tertiary/aromatic N) is 3. The van der Waals surface area contributed by atoms with E-state index in [1.54, 1.807) is 4.90 Å². The van der Waals surface area contributed by atoms with Crippen molar-refractivity contribution < 1.29 is 18.0 Å². The molecular weight excluding hydrogens is 524 g/mol. The number of carbonyl (C=O) groups excluding carboxylic acids is 2. The van der Waals surface area contributed by atoms with Crippen LogP contribution in [0.1, 0.15) is 41.9 Å². The molecule has 3 aromatic rings. The molecule has 2 atom stereocenters. The van der Waals surface area contributed by atoms with E-state index in [0.29, 0.717) is 13.0 Å². The maximum Gasteiger partial charge on any atom is 0.303 e. The van der Waals surface area contributed by atoms with E-state index >= 15 is 0 Å². The topological polar surface area (TPSA) is 90.0 Å². The van der Waals surface area contributed by atoms with Crippen LogP contribution in [0.4, 0.5) is 5.69 Å². The van der Waals surface area contributed by atoms with Crippen LogP contribution in [0, 0.1) is 0 Å². The third-order valence-corrected chi connectivity index (χ3v) is 9.35. The molecule has 5 rings (SSSR count). The third-order valence-electron chi connectivity index (χ3n) is 7.92. The van der Waals surface area contributed by atoms with Gasteiger partial charge >= 0.3 is 10.2 Å². The summed E-state index contributed by atoms with van der Waals surface area (Å²) < 4.78 is 28.4. The first-order valence-corrected chi connectivity index (χ1v) is 15.2. The van der Waals surface area contributed by atoms with Gasteiger partial charge in [0.2, 0.25) is 5.91 Å². The lowest BCUT2D eigenvalue weighted by Gasteiger charge is -2.32. The number of para-hydroxylation sites is 1. The average molecular weight is 561 g/mol. The summed E-state index contributed by atoms with van der Waals surface area (Å²) in [4.78, 5) is 32.0. The second-order valence-electron chi connectivity index (χ2n) is 10.7. The maximum absolute atomic E-state index is 14.5. The molecule has 0 radical (unpaired) electrons. The zero-order chi connectivity index (χ0) is 28.3. The fourth-order valence-electron chi connectivity index (χ4n) is 5.85. The van der Waals surface area contributed by atoms with E-state index in [0.717, 1.165) is 46.9 Å². The van der Waals surface area contributed by atoms with Gasteiger partial charge in [0.15, 0.2) is 0 Å². The lowest BCUT2D eigenvalue weighted by molar-refractivity contribution is -0.138. The van der Waals surface area contributed by atoms with E-state index in [-0.39, 0.29) is 11.9 Å². The number of fused-ring (bicyclic) bond motifs is 1. The molecule has 0 spiro atoms. The van der Waals surface area contributed by atoms with Crippen LogP contribution in [-0.2, 0) is 26.2 Å². The molecule has 0 aromatic heterocycles. The van der Waals surface area contributed by atoms with E-state index in [4.69, 9.17) is 0 Å². The van der Waals surface area contributed by atoms with Crippen LogP contribution in [0.15, 0.2) is 84.9 Å². The van der Waals surface area contributed by atoms with E-state index in [1.807, 2.05) is 72.8 Å². The van der Waals surface area contributed by atoms with Crippen LogP contribution < -0.4 is 9.62 Å². The Balaban J connectivity index is 1.53. The summed E-state index contributed by atoms with van der Waals surface area (Å²) in [5, 5.41) is 0. The van der Waals surface area contributed by atoms with Crippen molar-refractivity contribution in [3.05, 3.63) is 102 Å². The number of hydrogen-bond acceptors (Lipinski definition) is 5. The maximum atomic E-state index is 14.5. The molecular formula is C31H36N4O4S. The van der Waals surface area contributed by atoms with Crippen molar-refractivity contribution >= 4 is 27.7 Å². The van der Waals surface area contributed by atoms with Gasteiger partial charge in [0.05, 0.1) is 5.92 Å². The molecule has 8 nitrogen and oxygen atoms in total. The molecule has 1 fully saturated rings. The van der Waals surface area contributed by atoms with Gasteiger partial charge in [0.25, 0.3) is 5.91 Å². The highest BCUT2D eigenvalue weighted by Crippen LogP contribution is 2.35. The Morgan fingerprint density at radius 3 is 2.10 bits per heavy atom. The van der Waals surface area contributed by atoms with E-state index < -0.39 is 28.1 Å². The van der Waals surface area contributed by atoms with Crippen molar-refractivity contribution in [1.82, 2.24) is 13.9 Å². The van der Waals surface area contributed by atoms with Gasteiger partial charge in [0, 0.05) is 38.9 Å². The molecule has 0 bridgehead atoms. The summed E-state index contributed by atoms with van der Waals surface area (Å²) in [7, 11) is -1.29. The van der Waals surface area contributed by atoms with Crippen molar-refractivity contribution in [2.45, 2.75) is 43.7 Å². The Hall–Kier alpha value is -3.69. The summed E-state index contributed by atoms with van der Waals surface area (Å²) >= 11 is 0. The number of anilines is 1. The third kappa shape index (κ3) is 5.76. The normalized spacial score (nSPS) is 19.4. The van der Waals surface area contributed by atoms with E-state index in [1.165, 1.54) is 19.7 Å². The molecule has 9 heteroatoms. The Morgan fingerprint density at radius 2 is 1.48 bits per heavy atom. The molecule has 210 valence electrons. The van der Waals surface area contributed by atoms with Crippen LogP contribution in [0.2, 0.25) is 0 Å². The number of carbonyl (C=O) groups is 2. The van der Waals surface area contributed by atoms with Crippen LogP contribution in [-0.4, -0.2) is 68.7 Å². The summed E-state index contributed by atoms with van der Waals surface area (Å²) in [5.41, 5.74) is 4.03. The molecule has 0 aliphatic carbocycles.